The topological polar surface area (TPSA) is 90.0 Å². The monoisotopic (exact) mass is 470 g/mol. The van der Waals surface area contributed by atoms with Crippen LogP contribution in [0, 0.1) is 5.92 Å². The van der Waals surface area contributed by atoms with Gasteiger partial charge in [-0.25, -0.2) is 8.42 Å². The van der Waals surface area contributed by atoms with Crippen LogP contribution in [0.1, 0.15) is 23.2 Å². The normalized spacial score (nSPS) is 20.4. The number of anilines is 1. The second kappa shape index (κ2) is 10.0. The zero-order valence-electron chi connectivity index (χ0n) is 18.8. The molecule has 8 nitrogen and oxygen atoms in total. The molecule has 176 valence electrons. The van der Waals surface area contributed by atoms with Crippen molar-refractivity contribution in [2.45, 2.75) is 17.7 Å². The van der Waals surface area contributed by atoms with Crippen molar-refractivity contribution in [3.05, 3.63) is 60.2 Å². The Kier molecular flexibility index (Phi) is 7.11. The van der Waals surface area contributed by atoms with E-state index >= 15 is 0 Å². The highest BCUT2D eigenvalue weighted by molar-refractivity contribution is 7.89. The Hall–Kier alpha value is -2.75. The number of hydrogen-bond acceptors (Lipinski definition) is 5. The third kappa shape index (κ3) is 5.43. The number of benzene rings is 2. The van der Waals surface area contributed by atoms with Gasteiger partial charge in [0.25, 0.3) is 5.91 Å². The maximum atomic E-state index is 12.9. The number of piperazine rings is 1. The highest BCUT2D eigenvalue weighted by atomic mass is 32.2. The minimum atomic E-state index is -3.62. The van der Waals surface area contributed by atoms with Gasteiger partial charge < -0.3 is 15.1 Å². The molecule has 0 radical (unpaired) electrons. The van der Waals surface area contributed by atoms with Gasteiger partial charge in [-0.1, -0.05) is 18.2 Å². The molecule has 2 aromatic rings. The zero-order valence-corrected chi connectivity index (χ0v) is 19.6. The van der Waals surface area contributed by atoms with Gasteiger partial charge in [-0.15, -0.1) is 0 Å². The SMILES string of the molecule is CN1CCN(C(=O)c2ccc(NC(=O)[C@H]3CCCN(S(=O)(=O)c4ccccc4)C3)cc2)CC1. The van der Waals surface area contributed by atoms with Crippen molar-refractivity contribution in [1.82, 2.24) is 14.1 Å². The van der Waals surface area contributed by atoms with E-state index in [-0.39, 0.29) is 23.3 Å². The second-order valence-corrected chi connectivity index (χ2v) is 10.6. The Labute approximate surface area is 195 Å². The molecule has 2 amide bonds. The number of nitrogens with zero attached hydrogens (tertiary/aromatic N) is 3. The summed E-state index contributed by atoms with van der Waals surface area (Å²) in [6, 6.07) is 15.2. The van der Waals surface area contributed by atoms with Crippen molar-refractivity contribution in [1.29, 1.82) is 0 Å². The molecular formula is C24H30N4O4S. The van der Waals surface area contributed by atoms with Crippen LogP contribution in [0.2, 0.25) is 0 Å². The lowest BCUT2D eigenvalue weighted by atomic mass is 9.98. The van der Waals surface area contributed by atoms with E-state index < -0.39 is 15.9 Å². The summed E-state index contributed by atoms with van der Waals surface area (Å²) >= 11 is 0. The van der Waals surface area contributed by atoms with E-state index in [0.717, 1.165) is 13.1 Å². The highest BCUT2D eigenvalue weighted by Crippen LogP contribution is 2.25. The molecule has 0 unspecified atom stereocenters. The number of carbonyl (C=O) groups is 2. The standard InChI is InChI=1S/C24H30N4O4S/c1-26-14-16-27(17-15-26)24(30)19-9-11-21(12-10-19)25-23(29)20-6-5-13-28(18-20)33(31,32)22-7-3-2-4-8-22/h2-4,7-12,20H,5-6,13-18H2,1H3,(H,25,29)/t20-/m0/s1. The average Bonchev–Trinajstić information content (AvgIpc) is 2.85. The first kappa shape index (κ1) is 23.4. The predicted octanol–water partition coefficient (Wildman–Crippen LogP) is 2.11. The summed E-state index contributed by atoms with van der Waals surface area (Å²) in [4.78, 5) is 29.8. The lowest BCUT2D eigenvalue weighted by molar-refractivity contribution is -0.120. The second-order valence-electron chi connectivity index (χ2n) is 8.68. The molecule has 0 spiro atoms. The molecule has 1 atom stereocenters. The highest BCUT2D eigenvalue weighted by Gasteiger charge is 2.33. The van der Waals surface area contributed by atoms with E-state index in [2.05, 4.69) is 10.2 Å². The van der Waals surface area contributed by atoms with Gasteiger partial charge >= 0.3 is 0 Å². The first-order chi connectivity index (χ1) is 15.8. The summed E-state index contributed by atoms with van der Waals surface area (Å²) in [5, 5.41) is 2.88. The Bertz CT molecular complexity index is 1080. The van der Waals surface area contributed by atoms with Gasteiger partial charge in [0.15, 0.2) is 0 Å². The van der Waals surface area contributed by atoms with Gasteiger partial charge in [0.05, 0.1) is 10.8 Å². The van der Waals surface area contributed by atoms with Crippen LogP contribution >= 0.6 is 0 Å². The summed E-state index contributed by atoms with van der Waals surface area (Å²) in [6.45, 7) is 3.69. The molecule has 2 heterocycles. The fraction of sp³-hybridized carbons (Fsp3) is 0.417. The number of likely N-dealkylation sites (N-methyl/N-ethyl adjacent to an activating group) is 1. The van der Waals surface area contributed by atoms with Gasteiger partial charge in [0.2, 0.25) is 15.9 Å². The van der Waals surface area contributed by atoms with Crippen LogP contribution in [0.15, 0.2) is 59.5 Å². The molecule has 0 aliphatic carbocycles. The number of nitrogens with one attached hydrogen (secondary N) is 1. The Morgan fingerprint density at radius 1 is 0.909 bits per heavy atom. The fourth-order valence-electron chi connectivity index (χ4n) is 4.25. The van der Waals surface area contributed by atoms with Crippen molar-refractivity contribution >= 4 is 27.5 Å². The molecule has 2 aromatic carbocycles. The summed E-state index contributed by atoms with van der Waals surface area (Å²) in [5.41, 5.74) is 1.19. The number of sulfonamides is 1. The van der Waals surface area contributed by atoms with Crippen molar-refractivity contribution in [3.8, 4) is 0 Å². The first-order valence-corrected chi connectivity index (χ1v) is 12.7. The van der Waals surface area contributed by atoms with Crippen molar-refractivity contribution in [2.24, 2.45) is 5.92 Å². The van der Waals surface area contributed by atoms with Crippen LogP contribution in [0.4, 0.5) is 5.69 Å². The predicted molar refractivity (Wildman–Crippen MR) is 126 cm³/mol. The van der Waals surface area contributed by atoms with E-state index in [9.17, 15) is 18.0 Å². The molecule has 0 saturated carbocycles. The summed E-state index contributed by atoms with van der Waals surface area (Å²) in [7, 11) is -1.58. The fourth-order valence-corrected chi connectivity index (χ4v) is 5.79. The minimum Gasteiger partial charge on any atom is -0.336 e. The summed E-state index contributed by atoms with van der Waals surface area (Å²) in [6.07, 6.45) is 1.26. The first-order valence-electron chi connectivity index (χ1n) is 11.3. The van der Waals surface area contributed by atoms with Gasteiger partial charge in [-0.2, -0.15) is 4.31 Å². The van der Waals surface area contributed by atoms with Gasteiger partial charge in [0, 0.05) is 50.5 Å². The maximum Gasteiger partial charge on any atom is 0.253 e. The van der Waals surface area contributed by atoms with Crippen molar-refractivity contribution < 1.29 is 18.0 Å². The molecule has 2 saturated heterocycles. The number of piperidine rings is 1. The number of carbonyl (C=O) groups excluding carboxylic acids is 2. The van der Waals surface area contributed by atoms with Gasteiger partial charge in [-0.3, -0.25) is 9.59 Å². The molecular weight excluding hydrogens is 440 g/mol. The van der Waals surface area contributed by atoms with Crippen LogP contribution in [-0.2, 0) is 14.8 Å². The Morgan fingerprint density at radius 2 is 1.58 bits per heavy atom. The molecule has 0 aromatic heterocycles. The molecule has 33 heavy (non-hydrogen) atoms. The van der Waals surface area contributed by atoms with Crippen LogP contribution in [-0.4, -0.2) is 80.7 Å². The van der Waals surface area contributed by atoms with Gasteiger partial charge in [-0.05, 0) is 56.3 Å². The zero-order chi connectivity index (χ0) is 23.4. The van der Waals surface area contributed by atoms with Gasteiger partial charge in [0.1, 0.15) is 0 Å². The number of hydrogen-bond donors (Lipinski definition) is 1. The summed E-state index contributed by atoms with van der Waals surface area (Å²) in [5.74, 6) is -0.639. The maximum absolute atomic E-state index is 12.9. The van der Waals surface area contributed by atoms with Crippen LogP contribution in [0.3, 0.4) is 0 Å². The number of amides is 2. The third-order valence-electron chi connectivity index (χ3n) is 6.33. The quantitative estimate of drug-likeness (QED) is 0.723. The molecule has 2 aliphatic heterocycles. The van der Waals surface area contributed by atoms with Crippen molar-refractivity contribution in [3.63, 3.8) is 0 Å². The average molecular weight is 471 g/mol. The molecule has 4 rings (SSSR count). The number of rotatable bonds is 5. The van der Waals surface area contributed by atoms with Crippen molar-refractivity contribution in [2.75, 3.05) is 51.6 Å². The van der Waals surface area contributed by atoms with E-state index in [1.165, 1.54) is 4.31 Å². The molecule has 9 heteroatoms. The molecule has 2 fully saturated rings. The largest absolute Gasteiger partial charge is 0.336 e. The van der Waals surface area contributed by atoms with E-state index in [1.807, 2.05) is 11.9 Å². The molecule has 0 bridgehead atoms. The summed E-state index contributed by atoms with van der Waals surface area (Å²) < 4.78 is 27.2. The lowest BCUT2D eigenvalue weighted by Crippen LogP contribution is -2.47. The minimum absolute atomic E-state index is 0.00461. The van der Waals surface area contributed by atoms with E-state index in [0.29, 0.717) is 43.7 Å². The van der Waals surface area contributed by atoms with Crippen LogP contribution in [0.5, 0.6) is 0 Å². The third-order valence-corrected chi connectivity index (χ3v) is 8.21. The van der Waals surface area contributed by atoms with E-state index in [4.69, 9.17) is 0 Å². The van der Waals surface area contributed by atoms with Crippen LogP contribution < -0.4 is 5.32 Å². The Balaban J connectivity index is 1.36. The smallest absolute Gasteiger partial charge is 0.253 e. The molecule has 2 aliphatic rings. The Morgan fingerprint density at radius 3 is 2.24 bits per heavy atom. The lowest BCUT2D eigenvalue weighted by Gasteiger charge is -2.32. The van der Waals surface area contributed by atoms with E-state index in [1.54, 1.807) is 54.6 Å². The molecule has 1 N–H and O–H groups in total. The van der Waals surface area contributed by atoms with Crippen LogP contribution in [0.25, 0.3) is 0 Å².